The Bertz CT molecular complexity index is 405. The summed E-state index contributed by atoms with van der Waals surface area (Å²) in [7, 11) is 0. The van der Waals surface area contributed by atoms with Crippen LogP contribution in [-0.4, -0.2) is 32.6 Å². The molecule has 1 saturated carbocycles. The van der Waals surface area contributed by atoms with Gasteiger partial charge in [0.05, 0.1) is 11.2 Å². The van der Waals surface area contributed by atoms with E-state index >= 15 is 0 Å². The molecule has 1 heterocycles. The summed E-state index contributed by atoms with van der Waals surface area (Å²) in [6.45, 7) is 0. The SMILES string of the molecule is O[C@]12CC=CC[C@]1(O)C[C@@]13CC=CC[C@]1(C2)O3. The van der Waals surface area contributed by atoms with E-state index in [1.165, 1.54) is 0 Å². The number of epoxide rings is 1. The molecule has 3 aliphatic carbocycles. The van der Waals surface area contributed by atoms with Gasteiger partial charge in [-0.15, -0.1) is 0 Å². The first-order valence-electron chi connectivity index (χ1n) is 6.48. The molecule has 1 aliphatic heterocycles. The van der Waals surface area contributed by atoms with Crippen molar-refractivity contribution in [3.63, 3.8) is 0 Å². The third-order valence-corrected chi connectivity index (χ3v) is 5.34. The summed E-state index contributed by atoms with van der Waals surface area (Å²) in [5.41, 5.74) is -2.36. The second-order valence-corrected chi connectivity index (χ2v) is 6.27. The average Bonchev–Trinajstić information content (AvgIpc) is 2.91. The van der Waals surface area contributed by atoms with Crippen molar-refractivity contribution in [3.05, 3.63) is 24.3 Å². The Kier molecular flexibility index (Phi) is 1.63. The van der Waals surface area contributed by atoms with Gasteiger partial charge in [0.15, 0.2) is 0 Å². The lowest BCUT2D eigenvalue weighted by atomic mass is 9.57. The first-order chi connectivity index (χ1) is 8.04. The lowest BCUT2D eigenvalue weighted by Gasteiger charge is -2.51. The van der Waals surface area contributed by atoms with Gasteiger partial charge in [-0.3, -0.25) is 0 Å². The zero-order valence-corrected chi connectivity index (χ0v) is 9.85. The minimum absolute atomic E-state index is 0.187. The van der Waals surface area contributed by atoms with Crippen LogP contribution in [0.2, 0.25) is 0 Å². The van der Waals surface area contributed by atoms with Gasteiger partial charge >= 0.3 is 0 Å². The number of hydrogen-bond donors (Lipinski definition) is 2. The van der Waals surface area contributed by atoms with Gasteiger partial charge in [-0.25, -0.2) is 0 Å². The number of aliphatic hydroxyl groups is 2. The van der Waals surface area contributed by atoms with E-state index in [-0.39, 0.29) is 11.2 Å². The zero-order valence-electron chi connectivity index (χ0n) is 9.85. The monoisotopic (exact) mass is 234 g/mol. The predicted octanol–water partition coefficient (Wildman–Crippen LogP) is 1.45. The van der Waals surface area contributed by atoms with Crippen LogP contribution in [0.3, 0.4) is 0 Å². The second kappa shape index (κ2) is 2.68. The minimum Gasteiger partial charge on any atom is -0.386 e. The summed E-state index contributed by atoms with van der Waals surface area (Å²) >= 11 is 0. The van der Waals surface area contributed by atoms with Crippen molar-refractivity contribution in [1.82, 2.24) is 0 Å². The van der Waals surface area contributed by atoms with Crippen molar-refractivity contribution in [2.45, 2.75) is 60.9 Å². The maximum absolute atomic E-state index is 10.8. The van der Waals surface area contributed by atoms with Crippen molar-refractivity contribution < 1.29 is 14.9 Å². The maximum Gasteiger partial charge on any atom is 0.105 e. The van der Waals surface area contributed by atoms with Crippen LogP contribution in [-0.2, 0) is 4.74 Å². The fourth-order valence-electron chi connectivity index (χ4n) is 4.24. The molecule has 4 atom stereocenters. The number of rotatable bonds is 0. The van der Waals surface area contributed by atoms with E-state index in [4.69, 9.17) is 4.74 Å². The van der Waals surface area contributed by atoms with Gasteiger partial charge in [0.25, 0.3) is 0 Å². The molecule has 0 radical (unpaired) electrons. The van der Waals surface area contributed by atoms with Gasteiger partial charge in [0.1, 0.15) is 11.2 Å². The van der Waals surface area contributed by atoms with Crippen LogP contribution >= 0.6 is 0 Å². The molecule has 0 unspecified atom stereocenters. The van der Waals surface area contributed by atoms with Gasteiger partial charge in [0, 0.05) is 12.8 Å². The maximum atomic E-state index is 10.8. The van der Waals surface area contributed by atoms with Gasteiger partial charge in [-0.1, -0.05) is 24.3 Å². The third kappa shape index (κ3) is 1.04. The van der Waals surface area contributed by atoms with Gasteiger partial charge < -0.3 is 14.9 Å². The minimum atomic E-state index is -0.993. The first kappa shape index (κ1) is 10.3. The fraction of sp³-hybridized carbons (Fsp3) is 0.714. The lowest BCUT2D eigenvalue weighted by molar-refractivity contribution is -0.182. The third-order valence-electron chi connectivity index (χ3n) is 5.34. The molecule has 4 rings (SSSR count). The molecular formula is C14H18O3. The number of hydrogen-bond acceptors (Lipinski definition) is 3. The number of ether oxygens (including phenoxy) is 1. The molecule has 17 heavy (non-hydrogen) atoms. The highest BCUT2D eigenvalue weighted by atomic mass is 16.6. The highest BCUT2D eigenvalue weighted by Gasteiger charge is 2.78. The molecule has 0 spiro atoms. The summed E-state index contributed by atoms with van der Waals surface area (Å²) in [5, 5.41) is 21.5. The molecule has 0 aromatic heterocycles. The van der Waals surface area contributed by atoms with E-state index in [0.29, 0.717) is 25.7 Å². The Morgan fingerprint density at radius 2 is 1.12 bits per heavy atom. The van der Waals surface area contributed by atoms with Crippen molar-refractivity contribution in [2.75, 3.05) is 0 Å². The van der Waals surface area contributed by atoms with Crippen LogP contribution in [0.25, 0.3) is 0 Å². The summed E-state index contributed by atoms with van der Waals surface area (Å²) in [6, 6.07) is 0. The van der Waals surface area contributed by atoms with Crippen LogP contribution in [0.15, 0.2) is 24.3 Å². The lowest BCUT2D eigenvalue weighted by Crippen LogP contribution is -2.63. The molecule has 3 heteroatoms. The Morgan fingerprint density at radius 3 is 1.59 bits per heavy atom. The van der Waals surface area contributed by atoms with E-state index in [1.54, 1.807) is 0 Å². The molecular weight excluding hydrogens is 216 g/mol. The summed E-state index contributed by atoms with van der Waals surface area (Å²) in [4.78, 5) is 0. The highest BCUT2D eigenvalue weighted by Crippen LogP contribution is 2.68. The fourth-order valence-corrected chi connectivity index (χ4v) is 4.24. The molecule has 2 N–H and O–H groups in total. The van der Waals surface area contributed by atoms with E-state index in [9.17, 15) is 10.2 Å². The van der Waals surface area contributed by atoms with Gasteiger partial charge in [0.2, 0.25) is 0 Å². The van der Waals surface area contributed by atoms with Crippen LogP contribution in [0.5, 0.6) is 0 Å². The quantitative estimate of drug-likeness (QED) is 0.492. The Balaban J connectivity index is 1.78. The summed E-state index contributed by atoms with van der Waals surface area (Å²) in [6.07, 6.45) is 12.3. The predicted molar refractivity (Wildman–Crippen MR) is 62.4 cm³/mol. The van der Waals surface area contributed by atoms with E-state index in [0.717, 1.165) is 12.8 Å². The van der Waals surface area contributed by atoms with Crippen molar-refractivity contribution in [3.8, 4) is 0 Å². The highest BCUT2D eigenvalue weighted by molar-refractivity contribution is 5.34. The van der Waals surface area contributed by atoms with E-state index in [1.807, 2.05) is 12.2 Å². The van der Waals surface area contributed by atoms with Crippen LogP contribution in [0, 0.1) is 0 Å². The molecule has 2 fully saturated rings. The summed E-state index contributed by atoms with van der Waals surface area (Å²) in [5.74, 6) is 0. The van der Waals surface area contributed by atoms with Crippen molar-refractivity contribution in [1.29, 1.82) is 0 Å². The molecule has 0 amide bonds. The first-order valence-corrected chi connectivity index (χ1v) is 6.48. The van der Waals surface area contributed by atoms with Gasteiger partial charge in [-0.2, -0.15) is 0 Å². The second-order valence-electron chi connectivity index (χ2n) is 6.27. The molecule has 4 aliphatic rings. The molecule has 0 aromatic rings. The van der Waals surface area contributed by atoms with Crippen LogP contribution in [0.1, 0.15) is 38.5 Å². The van der Waals surface area contributed by atoms with Crippen LogP contribution < -0.4 is 0 Å². The molecule has 0 bridgehead atoms. The smallest absolute Gasteiger partial charge is 0.105 e. The van der Waals surface area contributed by atoms with Crippen LogP contribution in [0.4, 0.5) is 0 Å². The van der Waals surface area contributed by atoms with E-state index < -0.39 is 11.2 Å². The molecule has 1 saturated heterocycles. The average molecular weight is 234 g/mol. The van der Waals surface area contributed by atoms with Crippen molar-refractivity contribution in [2.24, 2.45) is 0 Å². The van der Waals surface area contributed by atoms with Crippen molar-refractivity contribution >= 4 is 0 Å². The molecule has 3 nitrogen and oxygen atoms in total. The Morgan fingerprint density at radius 1 is 0.706 bits per heavy atom. The van der Waals surface area contributed by atoms with Gasteiger partial charge in [-0.05, 0) is 25.7 Å². The van der Waals surface area contributed by atoms with E-state index in [2.05, 4.69) is 12.2 Å². The zero-order chi connectivity index (χ0) is 11.8. The number of fused-ring (bicyclic) bond motifs is 1. The standard InChI is InChI=1S/C14H18O3/c15-11-5-1-2-6-12(11,16)10-14-8-4-3-7-13(14,9-11)17-14/h1-4,15-16H,5-10H2/t11-,12-,13-,14+/m0/s1. The molecule has 92 valence electrons. The molecule has 0 aromatic carbocycles. The largest absolute Gasteiger partial charge is 0.386 e. The Labute approximate surface area is 101 Å². The summed E-state index contributed by atoms with van der Waals surface area (Å²) < 4.78 is 6.03. The Hall–Kier alpha value is -0.640. The topological polar surface area (TPSA) is 53.0 Å². The normalized spacial score (nSPS) is 59.2.